The number of anilines is 1. The van der Waals surface area contributed by atoms with Crippen molar-refractivity contribution in [3.63, 3.8) is 0 Å². The number of rotatable bonds is 3. The minimum Gasteiger partial charge on any atom is -0.504 e. The second-order valence-corrected chi connectivity index (χ2v) is 6.92. The van der Waals surface area contributed by atoms with Gasteiger partial charge in [0.05, 0.1) is 5.39 Å². The molecule has 0 atom stereocenters. The quantitative estimate of drug-likeness (QED) is 0.360. The Kier molecular flexibility index (Phi) is 4.81. The summed E-state index contributed by atoms with van der Waals surface area (Å²) in [5.41, 5.74) is 0.397. The van der Waals surface area contributed by atoms with Crippen molar-refractivity contribution in [3.8, 4) is 28.6 Å². The molecule has 0 aliphatic carbocycles. The molecule has 0 saturated heterocycles. The number of amides is 1. The first-order valence-corrected chi connectivity index (χ1v) is 9.10. The van der Waals surface area contributed by atoms with Gasteiger partial charge in [-0.05, 0) is 60.7 Å². The van der Waals surface area contributed by atoms with Gasteiger partial charge >= 0.3 is 0 Å². The van der Waals surface area contributed by atoms with Crippen molar-refractivity contribution in [2.45, 2.75) is 0 Å². The molecule has 0 saturated carbocycles. The van der Waals surface area contributed by atoms with E-state index in [9.17, 15) is 24.9 Å². The number of halogens is 1. The number of phenolic OH excluding ortho intramolecular Hbond substituents is 2. The first-order chi connectivity index (χ1) is 14.3. The Hall–Kier alpha value is -3.97. The van der Waals surface area contributed by atoms with Crippen molar-refractivity contribution < 1.29 is 24.5 Å². The largest absolute Gasteiger partial charge is 0.504 e. The lowest BCUT2D eigenvalue weighted by Crippen LogP contribution is -2.12. The molecule has 1 aromatic heterocycles. The fraction of sp³-hybridized carbons (Fsp3) is 0. The molecule has 0 unspecified atom stereocenters. The molecule has 3 aromatic carbocycles. The molecular weight excluding hydrogens is 410 g/mol. The zero-order valence-electron chi connectivity index (χ0n) is 15.2. The van der Waals surface area contributed by atoms with Gasteiger partial charge in [-0.2, -0.15) is 0 Å². The number of benzene rings is 3. The van der Waals surface area contributed by atoms with Gasteiger partial charge in [0.15, 0.2) is 17.3 Å². The van der Waals surface area contributed by atoms with Crippen LogP contribution in [0.5, 0.6) is 17.2 Å². The van der Waals surface area contributed by atoms with Crippen LogP contribution in [0.15, 0.2) is 69.9 Å². The second-order valence-electron chi connectivity index (χ2n) is 6.48. The maximum atomic E-state index is 12.7. The molecule has 1 amide bonds. The number of carbonyl (C=O) groups excluding carboxylic acids is 1. The van der Waals surface area contributed by atoms with Crippen LogP contribution < -0.4 is 10.7 Å². The first-order valence-electron chi connectivity index (χ1n) is 8.72. The van der Waals surface area contributed by atoms with Gasteiger partial charge in [0.2, 0.25) is 11.2 Å². The third kappa shape index (κ3) is 3.54. The van der Waals surface area contributed by atoms with Gasteiger partial charge in [-0.1, -0.05) is 11.6 Å². The standard InChI is InChI=1S/C22H14ClNO6/c23-13-4-1-11(2-5-13)22(29)24-14-6-8-18-15(10-14)19(27)20(28)21(30-18)12-3-7-16(25)17(26)9-12/h1-10,25-26,28H,(H,24,29). The van der Waals surface area contributed by atoms with Crippen molar-refractivity contribution in [2.24, 2.45) is 0 Å². The van der Waals surface area contributed by atoms with Crippen molar-refractivity contribution in [1.82, 2.24) is 0 Å². The van der Waals surface area contributed by atoms with Gasteiger partial charge in [-0.25, -0.2) is 0 Å². The summed E-state index contributed by atoms with van der Waals surface area (Å²) in [6, 6.07) is 14.5. The highest BCUT2D eigenvalue weighted by Crippen LogP contribution is 2.35. The second kappa shape index (κ2) is 7.46. The Morgan fingerprint density at radius 3 is 2.33 bits per heavy atom. The van der Waals surface area contributed by atoms with Crippen LogP contribution >= 0.6 is 11.6 Å². The molecule has 0 fully saturated rings. The van der Waals surface area contributed by atoms with E-state index in [1.165, 1.54) is 30.3 Å². The Labute approximate surface area is 174 Å². The SMILES string of the molecule is O=C(Nc1ccc2oc(-c3ccc(O)c(O)c3)c(O)c(=O)c2c1)c1ccc(Cl)cc1. The highest BCUT2D eigenvalue weighted by Gasteiger charge is 2.17. The monoisotopic (exact) mass is 423 g/mol. The molecule has 1 heterocycles. The van der Waals surface area contributed by atoms with E-state index in [0.717, 1.165) is 0 Å². The number of aromatic hydroxyl groups is 3. The molecule has 0 bridgehead atoms. The van der Waals surface area contributed by atoms with Crippen LogP contribution in [0.3, 0.4) is 0 Å². The summed E-state index contributed by atoms with van der Waals surface area (Å²) < 4.78 is 5.64. The lowest BCUT2D eigenvalue weighted by Gasteiger charge is -2.09. The molecule has 0 aliphatic rings. The highest BCUT2D eigenvalue weighted by atomic mass is 35.5. The van der Waals surface area contributed by atoms with Crippen molar-refractivity contribution in [3.05, 3.63) is 81.5 Å². The number of hydrogen-bond acceptors (Lipinski definition) is 6. The fourth-order valence-corrected chi connectivity index (χ4v) is 3.05. The van der Waals surface area contributed by atoms with E-state index < -0.39 is 22.8 Å². The summed E-state index contributed by atoms with van der Waals surface area (Å²) in [6.07, 6.45) is 0. The molecule has 8 heteroatoms. The van der Waals surface area contributed by atoms with Gasteiger partial charge in [0, 0.05) is 21.8 Å². The van der Waals surface area contributed by atoms with Gasteiger partial charge in [0.25, 0.3) is 5.91 Å². The molecule has 0 aliphatic heterocycles. The van der Waals surface area contributed by atoms with Gasteiger partial charge in [-0.3, -0.25) is 9.59 Å². The number of phenols is 2. The summed E-state index contributed by atoms with van der Waals surface area (Å²) >= 11 is 5.82. The van der Waals surface area contributed by atoms with Crippen molar-refractivity contribution >= 4 is 34.2 Å². The van der Waals surface area contributed by atoms with Crippen LogP contribution in [-0.2, 0) is 0 Å². The zero-order chi connectivity index (χ0) is 21.4. The number of nitrogens with one attached hydrogen (secondary N) is 1. The van der Waals surface area contributed by atoms with E-state index in [2.05, 4.69) is 5.32 Å². The predicted octanol–water partition coefficient (Wildman–Crippen LogP) is 4.48. The maximum absolute atomic E-state index is 12.7. The molecule has 4 aromatic rings. The van der Waals surface area contributed by atoms with Gasteiger partial charge in [-0.15, -0.1) is 0 Å². The summed E-state index contributed by atoms with van der Waals surface area (Å²) in [5.74, 6) is -1.97. The average molecular weight is 424 g/mol. The smallest absolute Gasteiger partial charge is 0.255 e. The van der Waals surface area contributed by atoms with Gasteiger partial charge < -0.3 is 25.1 Å². The van der Waals surface area contributed by atoms with Crippen LogP contribution in [0.2, 0.25) is 5.02 Å². The van der Waals surface area contributed by atoms with Crippen LogP contribution in [0.25, 0.3) is 22.3 Å². The highest BCUT2D eigenvalue weighted by molar-refractivity contribution is 6.30. The van der Waals surface area contributed by atoms with Crippen LogP contribution in [-0.4, -0.2) is 21.2 Å². The summed E-state index contributed by atoms with van der Waals surface area (Å²) in [6.45, 7) is 0. The van der Waals surface area contributed by atoms with E-state index in [4.69, 9.17) is 16.0 Å². The van der Waals surface area contributed by atoms with Crippen LogP contribution in [0.1, 0.15) is 10.4 Å². The third-order valence-corrected chi connectivity index (χ3v) is 4.72. The van der Waals surface area contributed by atoms with E-state index in [-0.39, 0.29) is 28.0 Å². The molecule has 150 valence electrons. The minimum absolute atomic E-state index is 0.0631. The average Bonchev–Trinajstić information content (AvgIpc) is 2.73. The van der Waals surface area contributed by atoms with Crippen molar-refractivity contribution in [1.29, 1.82) is 0 Å². The third-order valence-electron chi connectivity index (χ3n) is 4.47. The lowest BCUT2D eigenvalue weighted by molar-refractivity contribution is 0.102. The summed E-state index contributed by atoms with van der Waals surface area (Å²) in [7, 11) is 0. The Bertz CT molecular complexity index is 1340. The Balaban J connectivity index is 1.72. The molecule has 7 nitrogen and oxygen atoms in total. The summed E-state index contributed by atoms with van der Waals surface area (Å²) in [5, 5.41) is 32.7. The number of fused-ring (bicyclic) bond motifs is 1. The molecule has 0 spiro atoms. The predicted molar refractivity (Wildman–Crippen MR) is 112 cm³/mol. The Morgan fingerprint density at radius 1 is 0.900 bits per heavy atom. The lowest BCUT2D eigenvalue weighted by atomic mass is 10.1. The summed E-state index contributed by atoms with van der Waals surface area (Å²) in [4.78, 5) is 25.0. The van der Waals surface area contributed by atoms with Gasteiger partial charge in [0.1, 0.15) is 5.58 Å². The fourth-order valence-electron chi connectivity index (χ4n) is 2.93. The van der Waals surface area contributed by atoms with E-state index >= 15 is 0 Å². The van der Waals surface area contributed by atoms with Crippen LogP contribution in [0, 0.1) is 0 Å². The molecular formula is C22H14ClNO6. The molecule has 4 rings (SSSR count). The maximum Gasteiger partial charge on any atom is 0.255 e. The minimum atomic E-state index is -0.707. The van der Waals surface area contributed by atoms with Crippen molar-refractivity contribution in [2.75, 3.05) is 5.32 Å². The van der Waals surface area contributed by atoms with Crippen LogP contribution in [0.4, 0.5) is 5.69 Å². The number of hydrogen-bond donors (Lipinski definition) is 4. The molecule has 0 radical (unpaired) electrons. The first kappa shape index (κ1) is 19.4. The zero-order valence-corrected chi connectivity index (χ0v) is 16.0. The number of carbonyl (C=O) groups is 1. The molecule has 30 heavy (non-hydrogen) atoms. The van der Waals surface area contributed by atoms with E-state index in [0.29, 0.717) is 16.3 Å². The molecule has 4 N–H and O–H groups in total. The topological polar surface area (TPSA) is 120 Å². The van der Waals surface area contributed by atoms with E-state index in [1.54, 1.807) is 30.3 Å². The normalized spacial score (nSPS) is 10.8. The van der Waals surface area contributed by atoms with E-state index in [1.807, 2.05) is 0 Å². The Morgan fingerprint density at radius 2 is 1.63 bits per heavy atom.